The fourth-order valence-electron chi connectivity index (χ4n) is 1.59. The highest BCUT2D eigenvalue weighted by Gasteiger charge is 2.17. The van der Waals surface area contributed by atoms with Crippen molar-refractivity contribution in [3.63, 3.8) is 0 Å². The van der Waals surface area contributed by atoms with Gasteiger partial charge in [0.2, 0.25) is 5.91 Å². The fraction of sp³-hybridized carbons (Fsp3) is 0.462. The van der Waals surface area contributed by atoms with Gasteiger partial charge in [-0.15, -0.1) is 0 Å². The van der Waals surface area contributed by atoms with Crippen LogP contribution in [0.3, 0.4) is 0 Å². The van der Waals surface area contributed by atoms with Crippen LogP contribution in [0.15, 0.2) is 18.2 Å². The van der Waals surface area contributed by atoms with E-state index in [2.05, 4.69) is 0 Å². The molecule has 1 amide bonds. The number of amides is 1. The van der Waals surface area contributed by atoms with Crippen molar-refractivity contribution in [3.8, 4) is 5.75 Å². The van der Waals surface area contributed by atoms with E-state index in [1.54, 1.807) is 12.1 Å². The molecule has 0 radical (unpaired) electrons. The number of nitrogens with zero attached hydrogens (tertiary/aromatic N) is 1. The van der Waals surface area contributed by atoms with Crippen LogP contribution in [0.5, 0.6) is 5.75 Å². The second-order valence-corrected chi connectivity index (χ2v) is 4.94. The molecule has 0 fully saturated rings. The van der Waals surface area contributed by atoms with Crippen molar-refractivity contribution in [2.24, 2.45) is 0 Å². The zero-order valence-electron chi connectivity index (χ0n) is 11.1. The lowest BCUT2D eigenvalue weighted by atomic mass is 10.3. The molecular weight excluding hydrogens is 327 g/mol. The average Bonchev–Trinajstić information content (AvgIpc) is 2.41. The molecule has 0 heterocycles. The molecule has 1 aromatic rings. The first-order chi connectivity index (χ1) is 9.93. The van der Waals surface area contributed by atoms with Gasteiger partial charge in [0, 0.05) is 12.6 Å². The third-order valence-corrected chi connectivity index (χ3v) is 3.30. The number of hydrogen-bond donors (Lipinski definition) is 1. The molecule has 0 spiro atoms. The van der Waals surface area contributed by atoms with Crippen molar-refractivity contribution in [3.05, 3.63) is 28.2 Å². The molecule has 0 saturated heterocycles. The van der Waals surface area contributed by atoms with Gasteiger partial charge in [-0.05, 0) is 12.1 Å². The number of alkyl halides is 2. The largest absolute Gasteiger partial charge is 0.493 e. The summed E-state index contributed by atoms with van der Waals surface area (Å²) < 4.78 is 29.9. The molecule has 0 atom stereocenters. The highest BCUT2D eigenvalue weighted by atomic mass is 35.5. The number of rotatable bonds is 8. The van der Waals surface area contributed by atoms with Gasteiger partial charge in [-0.1, -0.05) is 23.2 Å². The number of halogens is 4. The van der Waals surface area contributed by atoms with Gasteiger partial charge in [0.05, 0.1) is 36.2 Å². The van der Waals surface area contributed by atoms with Crippen LogP contribution in [0.2, 0.25) is 10.0 Å². The second-order valence-electron chi connectivity index (χ2n) is 4.13. The van der Waals surface area contributed by atoms with Crippen LogP contribution in [-0.4, -0.2) is 48.6 Å². The molecule has 1 rings (SSSR count). The van der Waals surface area contributed by atoms with E-state index in [1.807, 2.05) is 0 Å². The Bertz CT molecular complexity index is 475. The van der Waals surface area contributed by atoms with Crippen molar-refractivity contribution in [1.82, 2.24) is 4.90 Å². The van der Waals surface area contributed by atoms with Crippen molar-refractivity contribution < 1.29 is 23.4 Å². The molecule has 0 aliphatic carbocycles. The lowest BCUT2D eigenvalue weighted by Crippen LogP contribution is -2.37. The molecule has 0 unspecified atom stereocenters. The normalized spacial score (nSPS) is 10.8. The highest BCUT2D eigenvalue weighted by molar-refractivity contribution is 6.42. The Morgan fingerprint density at radius 1 is 1.33 bits per heavy atom. The maximum Gasteiger partial charge on any atom is 0.255 e. The van der Waals surface area contributed by atoms with E-state index in [4.69, 9.17) is 33.0 Å². The summed E-state index contributed by atoms with van der Waals surface area (Å²) in [4.78, 5) is 12.6. The highest BCUT2D eigenvalue weighted by Crippen LogP contribution is 2.26. The maximum absolute atomic E-state index is 12.3. The van der Waals surface area contributed by atoms with E-state index in [0.29, 0.717) is 15.8 Å². The average molecular weight is 342 g/mol. The first kappa shape index (κ1) is 17.9. The standard InChI is InChI=1S/C13H15Cl2F2NO3/c14-10-2-1-9(7-11(10)15)21-6-3-13(20)18(4-5-19)8-12(16)17/h1-2,7,12,19H,3-6,8H2. The number of ether oxygens (including phenoxy) is 1. The summed E-state index contributed by atoms with van der Waals surface area (Å²) >= 11 is 11.6. The number of aliphatic hydroxyl groups is 1. The van der Waals surface area contributed by atoms with Crippen molar-refractivity contribution in [2.45, 2.75) is 12.8 Å². The molecule has 118 valence electrons. The molecule has 1 N–H and O–H groups in total. The van der Waals surface area contributed by atoms with Crippen LogP contribution >= 0.6 is 23.2 Å². The van der Waals surface area contributed by atoms with Crippen LogP contribution in [0.4, 0.5) is 8.78 Å². The molecule has 0 aliphatic rings. The SMILES string of the molecule is O=C(CCOc1ccc(Cl)c(Cl)c1)N(CCO)CC(F)F. The van der Waals surface area contributed by atoms with Gasteiger partial charge in [-0.25, -0.2) is 8.78 Å². The van der Waals surface area contributed by atoms with Gasteiger partial charge in [0.15, 0.2) is 0 Å². The Hall–Kier alpha value is -1.11. The minimum Gasteiger partial charge on any atom is -0.493 e. The van der Waals surface area contributed by atoms with E-state index < -0.39 is 18.9 Å². The molecule has 0 bridgehead atoms. The minimum absolute atomic E-state index is 0.0158. The fourth-order valence-corrected chi connectivity index (χ4v) is 1.87. The number of carbonyl (C=O) groups is 1. The molecule has 0 aromatic heterocycles. The van der Waals surface area contributed by atoms with Gasteiger partial charge in [0.25, 0.3) is 6.43 Å². The Balaban J connectivity index is 2.45. The predicted molar refractivity (Wildman–Crippen MR) is 76.2 cm³/mol. The quantitative estimate of drug-likeness (QED) is 0.790. The van der Waals surface area contributed by atoms with Crippen molar-refractivity contribution in [1.29, 1.82) is 0 Å². The predicted octanol–water partition coefficient (Wildman–Crippen LogP) is 2.85. The van der Waals surface area contributed by atoms with E-state index in [1.165, 1.54) is 6.07 Å². The smallest absolute Gasteiger partial charge is 0.255 e. The Morgan fingerprint density at radius 2 is 2.05 bits per heavy atom. The molecule has 0 aliphatic heterocycles. The molecule has 0 saturated carbocycles. The topological polar surface area (TPSA) is 49.8 Å². The number of hydrogen-bond acceptors (Lipinski definition) is 3. The molecular formula is C13H15Cl2F2NO3. The number of aliphatic hydroxyl groups excluding tert-OH is 1. The molecule has 21 heavy (non-hydrogen) atoms. The summed E-state index contributed by atoms with van der Waals surface area (Å²) in [6.45, 7) is -1.18. The molecule has 4 nitrogen and oxygen atoms in total. The van der Waals surface area contributed by atoms with E-state index in [9.17, 15) is 13.6 Å². The van der Waals surface area contributed by atoms with Crippen LogP contribution in [-0.2, 0) is 4.79 Å². The summed E-state index contributed by atoms with van der Waals surface area (Å²) in [7, 11) is 0. The summed E-state index contributed by atoms with van der Waals surface area (Å²) in [5, 5.41) is 9.46. The van der Waals surface area contributed by atoms with Gasteiger partial charge >= 0.3 is 0 Å². The Morgan fingerprint density at radius 3 is 2.62 bits per heavy atom. The van der Waals surface area contributed by atoms with Gasteiger partial charge in [-0.2, -0.15) is 0 Å². The lowest BCUT2D eigenvalue weighted by molar-refractivity contribution is -0.134. The third kappa shape index (κ3) is 6.46. The molecule has 8 heteroatoms. The zero-order valence-corrected chi connectivity index (χ0v) is 12.6. The van der Waals surface area contributed by atoms with Crippen LogP contribution in [0.1, 0.15) is 6.42 Å². The molecule has 1 aromatic carbocycles. The van der Waals surface area contributed by atoms with Gasteiger partial charge < -0.3 is 14.7 Å². The number of benzene rings is 1. The number of carbonyl (C=O) groups excluding carboxylic acids is 1. The van der Waals surface area contributed by atoms with Gasteiger partial charge in [0.1, 0.15) is 5.75 Å². The van der Waals surface area contributed by atoms with Crippen molar-refractivity contribution in [2.75, 3.05) is 26.3 Å². The summed E-state index contributed by atoms with van der Waals surface area (Å²) in [6, 6.07) is 4.64. The minimum atomic E-state index is -2.64. The lowest BCUT2D eigenvalue weighted by Gasteiger charge is -2.21. The first-order valence-electron chi connectivity index (χ1n) is 6.18. The summed E-state index contributed by atoms with van der Waals surface area (Å²) in [5.41, 5.74) is 0. The van der Waals surface area contributed by atoms with E-state index >= 15 is 0 Å². The van der Waals surface area contributed by atoms with Crippen LogP contribution in [0.25, 0.3) is 0 Å². The third-order valence-electron chi connectivity index (χ3n) is 2.56. The van der Waals surface area contributed by atoms with E-state index in [-0.39, 0.29) is 26.2 Å². The van der Waals surface area contributed by atoms with Gasteiger partial charge in [-0.3, -0.25) is 4.79 Å². The van der Waals surface area contributed by atoms with Crippen LogP contribution in [0, 0.1) is 0 Å². The summed E-state index contributed by atoms with van der Waals surface area (Å²) in [5.74, 6) is -0.0795. The first-order valence-corrected chi connectivity index (χ1v) is 6.94. The second kappa shape index (κ2) is 9.02. The summed E-state index contributed by atoms with van der Waals surface area (Å²) in [6.07, 6.45) is -2.72. The maximum atomic E-state index is 12.3. The monoisotopic (exact) mass is 341 g/mol. The Labute approximate surface area is 131 Å². The Kier molecular flexibility index (Phi) is 7.71. The zero-order chi connectivity index (χ0) is 15.8. The van der Waals surface area contributed by atoms with E-state index in [0.717, 1.165) is 4.90 Å². The van der Waals surface area contributed by atoms with Crippen LogP contribution < -0.4 is 4.74 Å². The van der Waals surface area contributed by atoms with Crippen molar-refractivity contribution >= 4 is 29.1 Å².